The summed E-state index contributed by atoms with van der Waals surface area (Å²) in [6, 6.07) is 22.6. The maximum absolute atomic E-state index is 13.3. The minimum absolute atomic E-state index is 0.0996. The highest BCUT2D eigenvalue weighted by Crippen LogP contribution is 2.37. The second kappa shape index (κ2) is 11.3. The van der Waals surface area contributed by atoms with Crippen molar-refractivity contribution in [3.63, 3.8) is 0 Å². The number of carbonyl (C=O) groups excluding carboxylic acids is 2. The first-order valence-electron chi connectivity index (χ1n) is 10.5. The van der Waals surface area contributed by atoms with Crippen LogP contribution in [0.15, 0.2) is 77.7 Å². The maximum Gasteiger partial charge on any atom is 0.303 e. The average molecular weight is 463 g/mol. The molecule has 6 nitrogen and oxygen atoms in total. The number of nitrogens with one attached hydrogen (secondary N) is 2. The largest absolute Gasteiger partial charge is 0.481 e. The number of carboxylic acids is 1. The van der Waals surface area contributed by atoms with E-state index in [-0.39, 0.29) is 24.7 Å². The molecule has 3 N–H and O–H groups in total. The van der Waals surface area contributed by atoms with Gasteiger partial charge in [0.2, 0.25) is 11.8 Å². The fourth-order valence-corrected chi connectivity index (χ4v) is 4.28. The lowest BCUT2D eigenvalue weighted by Gasteiger charge is -2.19. The Hall–Kier alpha value is -3.58. The van der Waals surface area contributed by atoms with Crippen LogP contribution in [0.4, 0.5) is 11.4 Å². The molecular formula is C26H26N2O4S. The standard InChI is InChI=1S/C26H26N2O4S/c1-17-11-12-18(2)22(15-17)28-26(32)25(19-7-4-3-5-8-19)33-21-10-6-9-20(16-21)27-23(29)13-14-24(30)31/h3-12,15-16,25H,13-14H2,1-2H3,(H,27,29)(H,28,32)(H,30,31). The number of aryl methyl sites for hydroxylation is 2. The highest BCUT2D eigenvalue weighted by molar-refractivity contribution is 8.00. The highest BCUT2D eigenvalue weighted by Gasteiger charge is 2.23. The molecule has 7 heteroatoms. The van der Waals surface area contributed by atoms with E-state index in [4.69, 9.17) is 5.11 Å². The molecule has 3 aromatic rings. The van der Waals surface area contributed by atoms with E-state index in [0.29, 0.717) is 5.69 Å². The Morgan fingerprint density at radius 3 is 2.36 bits per heavy atom. The molecule has 0 saturated heterocycles. The molecular weight excluding hydrogens is 436 g/mol. The molecule has 3 rings (SSSR count). The van der Waals surface area contributed by atoms with E-state index < -0.39 is 11.2 Å². The van der Waals surface area contributed by atoms with Gasteiger partial charge in [0.05, 0.1) is 6.42 Å². The van der Waals surface area contributed by atoms with Gasteiger partial charge in [0.1, 0.15) is 5.25 Å². The molecule has 3 aromatic carbocycles. The van der Waals surface area contributed by atoms with Crippen LogP contribution < -0.4 is 10.6 Å². The van der Waals surface area contributed by atoms with Crippen LogP contribution in [0.1, 0.15) is 34.8 Å². The Bertz CT molecular complexity index is 1150. The van der Waals surface area contributed by atoms with Gasteiger partial charge in [0.15, 0.2) is 0 Å². The lowest BCUT2D eigenvalue weighted by atomic mass is 10.1. The third kappa shape index (κ3) is 7.22. The van der Waals surface area contributed by atoms with Crippen molar-refractivity contribution in [1.29, 1.82) is 0 Å². The average Bonchev–Trinajstić information content (AvgIpc) is 2.79. The first-order valence-corrected chi connectivity index (χ1v) is 11.4. The van der Waals surface area contributed by atoms with E-state index >= 15 is 0 Å². The number of carbonyl (C=O) groups is 3. The number of amides is 2. The number of aliphatic carboxylic acids is 1. The number of rotatable bonds is 9. The molecule has 0 aliphatic rings. The Morgan fingerprint density at radius 1 is 0.879 bits per heavy atom. The van der Waals surface area contributed by atoms with Gasteiger partial charge in [-0.1, -0.05) is 48.5 Å². The summed E-state index contributed by atoms with van der Waals surface area (Å²) in [7, 11) is 0. The van der Waals surface area contributed by atoms with E-state index in [2.05, 4.69) is 10.6 Å². The van der Waals surface area contributed by atoms with Gasteiger partial charge in [-0.25, -0.2) is 0 Å². The molecule has 33 heavy (non-hydrogen) atoms. The quantitative estimate of drug-likeness (QED) is 0.361. The van der Waals surface area contributed by atoms with Crippen LogP contribution in [-0.2, 0) is 14.4 Å². The number of carboxylic acid groups (broad SMARTS) is 1. The van der Waals surface area contributed by atoms with Crippen LogP contribution in [0.25, 0.3) is 0 Å². The molecule has 0 aromatic heterocycles. The van der Waals surface area contributed by atoms with Crippen molar-refractivity contribution in [2.45, 2.75) is 36.8 Å². The lowest BCUT2D eigenvalue weighted by Crippen LogP contribution is -2.19. The Kier molecular flexibility index (Phi) is 8.27. The van der Waals surface area contributed by atoms with Crippen molar-refractivity contribution in [2.24, 2.45) is 0 Å². The zero-order valence-corrected chi connectivity index (χ0v) is 19.3. The summed E-state index contributed by atoms with van der Waals surface area (Å²) in [6.45, 7) is 3.94. The van der Waals surface area contributed by atoms with Crippen molar-refractivity contribution < 1.29 is 19.5 Å². The summed E-state index contributed by atoms with van der Waals surface area (Å²) >= 11 is 1.38. The predicted molar refractivity (Wildman–Crippen MR) is 132 cm³/mol. The molecule has 0 bridgehead atoms. The minimum atomic E-state index is -1.02. The highest BCUT2D eigenvalue weighted by atomic mass is 32.2. The number of thioether (sulfide) groups is 1. The van der Waals surface area contributed by atoms with Crippen LogP contribution in [0.5, 0.6) is 0 Å². The van der Waals surface area contributed by atoms with Gasteiger partial charge >= 0.3 is 5.97 Å². The normalized spacial score (nSPS) is 11.5. The van der Waals surface area contributed by atoms with E-state index in [1.165, 1.54) is 11.8 Å². The third-order valence-corrected chi connectivity index (χ3v) is 6.18. The van der Waals surface area contributed by atoms with E-state index in [1.807, 2.05) is 68.4 Å². The molecule has 0 aliphatic heterocycles. The Balaban J connectivity index is 1.80. The van der Waals surface area contributed by atoms with Gasteiger partial charge in [-0.2, -0.15) is 0 Å². The molecule has 0 fully saturated rings. The summed E-state index contributed by atoms with van der Waals surface area (Å²) in [5.41, 5.74) is 4.24. The lowest BCUT2D eigenvalue weighted by molar-refractivity contribution is -0.138. The summed E-state index contributed by atoms with van der Waals surface area (Å²) < 4.78 is 0. The van der Waals surface area contributed by atoms with Crippen LogP contribution in [0, 0.1) is 13.8 Å². The van der Waals surface area contributed by atoms with E-state index in [1.54, 1.807) is 18.2 Å². The van der Waals surface area contributed by atoms with E-state index in [0.717, 1.165) is 27.3 Å². The van der Waals surface area contributed by atoms with Crippen molar-refractivity contribution >= 4 is 40.9 Å². The van der Waals surface area contributed by atoms with Crippen molar-refractivity contribution in [3.05, 3.63) is 89.5 Å². The van der Waals surface area contributed by atoms with Gasteiger partial charge in [-0.05, 0) is 54.8 Å². The van der Waals surface area contributed by atoms with Crippen LogP contribution in [0.2, 0.25) is 0 Å². The number of benzene rings is 3. The zero-order valence-electron chi connectivity index (χ0n) is 18.5. The molecule has 1 atom stereocenters. The second-order valence-corrected chi connectivity index (χ2v) is 8.86. The fraction of sp³-hybridized carbons (Fsp3) is 0.192. The molecule has 0 aliphatic carbocycles. The fourth-order valence-electron chi connectivity index (χ4n) is 3.20. The molecule has 0 heterocycles. The first-order chi connectivity index (χ1) is 15.8. The Labute approximate surface area is 197 Å². The molecule has 0 saturated carbocycles. The van der Waals surface area contributed by atoms with Crippen molar-refractivity contribution in [1.82, 2.24) is 0 Å². The smallest absolute Gasteiger partial charge is 0.303 e. The maximum atomic E-state index is 13.3. The van der Waals surface area contributed by atoms with Crippen molar-refractivity contribution in [3.8, 4) is 0 Å². The summed E-state index contributed by atoms with van der Waals surface area (Å²) in [5.74, 6) is -1.53. The SMILES string of the molecule is Cc1ccc(C)c(NC(=O)C(Sc2cccc(NC(=O)CCC(=O)O)c2)c2ccccc2)c1. The molecule has 0 spiro atoms. The second-order valence-electron chi connectivity index (χ2n) is 7.69. The topological polar surface area (TPSA) is 95.5 Å². The van der Waals surface area contributed by atoms with Gasteiger partial charge in [-0.3, -0.25) is 14.4 Å². The molecule has 2 amide bonds. The van der Waals surface area contributed by atoms with E-state index in [9.17, 15) is 14.4 Å². The van der Waals surface area contributed by atoms with Gasteiger partial charge in [0, 0.05) is 22.7 Å². The third-order valence-electron chi connectivity index (χ3n) is 4.93. The van der Waals surface area contributed by atoms with Gasteiger partial charge in [-0.15, -0.1) is 11.8 Å². The first kappa shape index (κ1) is 24.1. The van der Waals surface area contributed by atoms with Crippen LogP contribution in [0.3, 0.4) is 0 Å². The summed E-state index contributed by atoms with van der Waals surface area (Å²) in [4.78, 5) is 36.8. The molecule has 1 unspecified atom stereocenters. The van der Waals surface area contributed by atoms with Gasteiger partial charge in [0.25, 0.3) is 0 Å². The number of hydrogen-bond acceptors (Lipinski definition) is 4. The van der Waals surface area contributed by atoms with Crippen LogP contribution >= 0.6 is 11.8 Å². The zero-order chi connectivity index (χ0) is 23.8. The Morgan fingerprint density at radius 2 is 1.64 bits per heavy atom. The van der Waals surface area contributed by atoms with Crippen molar-refractivity contribution in [2.75, 3.05) is 10.6 Å². The monoisotopic (exact) mass is 462 g/mol. The minimum Gasteiger partial charge on any atom is -0.481 e. The number of anilines is 2. The number of hydrogen-bond donors (Lipinski definition) is 3. The summed E-state index contributed by atoms with van der Waals surface area (Å²) in [6.07, 6.45) is -0.327. The predicted octanol–water partition coefficient (Wildman–Crippen LogP) is 5.58. The summed E-state index contributed by atoms with van der Waals surface area (Å²) in [5, 5.41) is 14.0. The van der Waals surface area contributed by atoms with Gasteiger partial charge < -0.3 is 15.7 Å². The molecule has 170 valence electrons. The molecule has 0 radical (unpaired) electrons. The van der Waals surface area contributed by atoms with Crippen LogP contribution in [-0.4, -0.2) is 22.9 Å².